The second-order valence-corrected chi connectivity index (χ2v) is 7.30. The quantitative estimate of drug-likeness (QED) is 0.592. The van der Waals surface area contributed by atoms with Crippen molar-refractivity contribution in [1.29, 1.82) is 0 Å². The Morgan fingerprint density at radius 1 is 0.824 bits per heavy atom. The molecule has 17 heavy (non-hydrogen) atoms. The SMILES string of the molecule is CCC1CC(C)C(C2CCC(C)CC2)C(C)C1. The standard InChI is InChI=1S/C17H32/c1-5-15-10-13(3)17(14(4)11-15)16-8-6-12(2)7-9-16/h12-17H,5-11H2,1-4H3. The Hall–Kier alpha value is 0. The van der Waals surface area contributed by atoms with E-state index in [1.165, 1.54) is 44.9 Å². The lowest BCUT2D eigenvalue weighted by molar-refractivity contribution is 0.0499. The van der Waals surface area contributed by atoms with E-state index in [9.17, 15) is 0 Å². The van der Waals surface area contributed by atoms with E-state index >= 15 is 0 Å². The molecular weight excluding hydrogens is 204 g/mol. The van der Waals surface area contributed by atoms with Gasteiger partial charge in [-0.3, -0.25) is 0 Å². The Morgan fingerprint density at radius 2 is 1.35 bits per heavy atom. The zero-order valence-corrected chi connectivity index (χ0v) is 12.4. The van der Waals surface area contributed by atoms with Gasteiger partial charge in [0.1, 0.15) is 0 Å². The fraction of sp³-hybridized carbons (Fsp3) is 1.00. The molecule has 2 rings (SSSR count). The van der Waals surface area contributed by atoms with Gasteiger partial charge in [0, 0.05) is 0 Å². The molecule has 100 valence electrons. The van der Waals surface area contributed by atoms with E-state index in [-0.39, 0.29) is 0 Å². The van der Waals surface area contributed by atoms with E-state index in [2.05, 4.69) is 27.7 Å². The first-order valence-corrected chi connectivity index (χ1v) is 8.11. The summed E-state index contributed by atoms with van der Waals surface area (Å²) >= 11 is 0. The van der Waals surface area contributed by atoms with Gasteiger partial charge in [0.15, 0.2) is 0 Å². The fourth-order valence-electron chi connectivity index (χ4n) is 4.96. The van der Waals surface area contributed by atoms with E-state index in [1.807, 2.05) is 0 Å². The highest BCUT2D eigenvalue weighted by atomic mass is 14.4. The molecule has 2 unspecified atom stereocenters. The first kappa shape index (κ1) is 13.4. The molecule has 0 aromatic heterocycles. The van der Waals surface area contributed by atoms with Crippen LogP contribution in [0.5, 0.6) is 0 Å². The predicted octanol–water partition coefficient (Wildman–Crippen LogP) is 5.52. The van der Waals surface area contributed by atoms with Crippen LogP contribution in [0.3, 0.4) is 0 Å². The normalized spacial score (nSPS) is 48.0. The topological polar surface area (TPSA) is 0 Å². The Morgan fingerprint density at radius 3 is 1.82 bits per heavy atom. The van der Waals surface area contributed by atoms with Crippen LogP contribution in [-0.2, 0) is 0 Å². The van der Waals surface area contributed by atoms with Crippen molar-refractivity contribution < 1.29 is 0 Å². The molecule has 0 amide bonds. The van der Waals surface area contributed by atoms with Crippen molar-refractivity contribution in [1.82, 2.24) is 0 Å². The zero-order chi connectivity index (χ0) is 12.4. The molecule has 0 radical (unpaired) electrons. The molecule has 0 aliphatic heterocycles. The summed E-state index contributed by atoms with van der Waals surface area (Å²) in [6.07, 6.45) is 10.5. The van der Waals surface area contributed by atoms with Crippen molar-refractivity contribution in [3.63, 3.8) is 0 Å². The van der Waals surface area contributed by atoms with Gasteiger partial charge in [-0.15, -0.1) is 0 Å². The molecule has 2 atom stereocenters. The summed E-state index contributed by atoms with van der Waals surface area (Å²) < 4.78 is 0. The highest BCUT2D eigenvalue weighted by molar-refractivity contribution is 4.88. The average molecular weight is 236 g/mol. The molecule has 0 bridgehead atoms. The molecule has 0 saturated heterocycles. The van der Waals surface area contributed by atoms with Crippen LogP contribution < -0.4 is 0 Å². The maximum Gasteiger partial charge on any atom is -0.0334 e. The molecule has 0 heteroatoms. The monoisotopic (exact) mass is 236 g/mol. The average Bonchev–Trinajstić information content (AvgIpc) is 2.30. The highest BCUT2D eigenvalue weighted by Crippen LogP contribution is 2.47. The summed E-state index contributed by atoms with van der Waals surface area (Å²) in [5.41, 5.74) is 0. The van der Waals surface area contributed by atoms with Gasteiger partial charge in [-0.25, -0.2) is 0 Å². The molecule has 2 fully saturated rings. The van der Waals surface area contributed by atoms with Crippen LogP contribution >= 0.6 is 0 Å². The van der Waals surface area contributed by atoms with Crippen molar-refractivity contribution >= 4 is 0 Å². The van der Waals surface area contributed by atoms with Gasteiger partial charge >= 0.3 is 0 Å². The zero-order valence-electron chi connectivity index (χ0n) is 12.4. The van der Waals surface area contributed by atoms with Crippen molar-refractivity contribution in [2.45, 2.75) is 72.6 Å². The van der Waals surface area contributed by atoms with Crippen LogP contribution in [0.15, 0.2) is 0 Å². The molecule has 2 aliphatic carbocycles. The lowest BCUT2D eigenvalue weighted by Gasteiger charge is -2.45. The molecule has 2 aliphatic rings. The van der Waals surface area contributed by atoms with Gasteiger partial charge in [0.25, 0.3) is 0 Å². The van der Waals surface area contributed by atoms with Crippen molar-refractivity contribution in [3.05, 3.63) is 0 Å². The third-order valence-corrected chi connectivity index (χ3v) is 5.91. The Bertz CT molecular complexity index is 212. The third kappa shape index (κ3) is 3.06. The summed E-state index contributed by atoms with van der Waals surface area (Å²) in [5.74, 6) is 6.12. The summed E-state index contributed by atoms with van der Waals surface area (Å²) in [7, 11) is 0. The molecule has 2 saturated carbocycles. The summed E-state index contributed by atoms with van der Waals surface area (Å²) in [5, 5.41) is 0. The highest BCUT2D eigenvalue weighted by Gasteiger charge is 2.38. The smallest absolute Gasteiger partial charge is 0.0334 e. The molecule has 0 aromatic carbocycles. The van der Waals surface area contributed by atoms with Crippen LogP contribution in [0.4, 0.5) is 0 Å². The van der Waals surface area contributed by atoms with Gasteiger partial charge < -0.3 is 0 Å². The van der Waals surface area contributed by atoms with Gasteiger partial charge in [-0.05, 0) is 61.2 Å². The van der Waals surface area contributed by atoms with Crippen LogP contribution in [0.2, 0.25) is 0 Å². The molecule has 0 aromatic rings. The Labute approximate surface area is 109 Å². The maximum absolute atomic E-state index is 2.54. The largest absolute Gasteiger partial charge is 0.0651 e. The second kappa shape index (κ2) is 5.76. The maximum atomic E-state index is 2.54. The number of hydrogen-bond donors (Lipinski definition) is 0. The van der Waals surface area contributed by atoms with Crippen LogP contribution in [0.1, 0.15) is 72.6 Å². The minimum Gasteiger partial charge on any atom is -0.0651 e. The molecule has 0 N–H and O–H groups in total. The lowest BCUT2D eigenvalue weighted by atomic mass is 9.60. The van der Waals surface area contributed by atoms with Crippen molar-refractivity contribution in [2.24, 2.45) is 35.5 Å². The van der Waals surface area contributed by atoms with Crippen molar-refractivity contribution in [3.8, 4) is 0 Å². The van der Waals surface area contributed by atoms with Crippen LogP contribution in [-0.4, -0.2) is 0 Å². The summed E-state index contributed by atoms with van der Waals surface area (Å²) in [4.78, 5) is 0. The Balaban J connectivity index is 1.95. The van der Waals surface area contributed by atoms with Gasteiger partial charge in [-0.2, -0.15) is 0 Å². The van der Waals surface area contributed by atoms with Gasteiger partial charge in [0.2, 0.25) is 0 Å². The van der Waals surface area contributed by atoms with Crippen LogP contribution in [0, 0.1) is 35.5 Å². The van der Waals surface area contributed by atoms with E-state index in [4.69, 9.17) is 0 Å². The second-order valence-electron chi connectivity index (χ2n) is 7.30. The van der Waals surface area contributed by atoms with E-state index < -0.39 is 0 Å². The van der Waals surface area contributed by atoms with Crippen molar-refractivity contribution in [2.75, 3.05) is 0 Å². The minimum absolute atomic E-state index is 0.988. The summed E-state index contributed by atoms with van der Waals surface area (Å²) in [6, 6.07) is 0. The fourth-order valence-corrected chi connectivity index (χ4v) is 4.96. The molecule has 0 spiro atoms. The minimum atomic E-state index is 0.988. The molecule has 0 nitrogen and oxygen atoms in total. The first-order chi connectivity index (χ1) is 8.11. The number of hydrogen-bond acceptors (Lipinski definition) is 0. The predicted molar refractivity (Wildman–Crippen MR) is 76.0 cm³/mol. The summed E-state index contributed by atoms with van der Waals surface area (Å²) in [6.45, 7) is 9.91. The number of rotatable bonds is 2. The third-order valence-electron chi connectivity index (χ3n) is 5.91. The lowest BCUT2D eigenvalue weighted by Crippen LogP contribution is -2.36. The molecular formula is C17H32. The first-order valence-electron chi connectivity index (χ1n) is 8.11. The van der Waals surface area contributed by atoms with Gasteiger partial charge in [-0.1, -0.05) is 47.0 Å². The van der Waals surface area contributed by atoms with Gasteiger partial charge in [0.05, 0.1) is 0 Å². The van der Waals surface area contributed by atoms with E-state index in [1.54, 1.807) is 0 Å². The Kier molecular flexibility index (Phi) is 4.55. The molecule has 0 heterocycles. The van der Waals surface area contributed by atoms with E-state index in [0.29, 0.717) is 0 Å². The van der Waals surface area contributed by atoms with E-state index in [0.717, 1.165) is 35.5 Å². The van der Waals surface area contributed by atoms with Crippen LogP contribution in [0.25, 0.3) is 0 Å².